The van der Waals surface area contributed by atoms with Crippen LogP contribution in [0.15, 0.2) is 24.3 Å². The minimum atomic E-state index is -0.311. The lowest BCUT2D eigenvalue weighted by molar-refractivity contribution is -0.140. The molecule has 0 bridgehead atoms. The Morgan fingerprint density at radius 1 is 0.962 bits per heavy atom. The summed E-state index contributed by atoms with van der Waals surface area (Å²) < 4.78 is 18.4. The van der Waals surface area contributed by atoms with Crippen LogP contribution in [0, 0.1) is 29.5 Å². The summed E-state index contributed by atoms with van der Waals surface area (Å²) in [5.41, 5.74) is 0. The van der Waals surface area contributed by atoms with E-state index >= 15 is 0 Å². The molecule has 1 aromatic carbocycles. The zero-order valence-corrected chi connectivity index (χ0v) is 15.4. The van der Waals surface area contributed by atoms with Crippen molar-refractivity contribution in [3.05, 3.63) is 30.1 Å². The van der Waals surface area contributed by atoms with Crippen molar-refractivity contribution in [3.63, 3.8) is 0 Å². The fourth-order valence-electron chi connectivity index (χ4n) is 4.88. The molecule has 0 atom stereocenters. The number of hydrogen-bond donors (Lipinski definition) is 0. The molecule has 1 aromatic rings. The molecular weight excluding hydrogens is 327 g/mol. The summed E-state index contributed by atoms with van der Waals surface area (Å²) in [4.78, 5) is 12.3. The van der Waals surface area contributed by atoms with Crippen LogP contribution in [0.4, 0.5) is 4.39 Å². The SMILES string of the molecule is C.CCCC1CCC(C2CCC(C(=O)Oc3ccc(F)cc3)CC2)CC1. The van der Waals surface area contributed by atoms with Crippen LogP contribution in [0.5, 0.6) is 5.75 Å². The maximum absolute atomic E-state index is 12.9. The third-order valence-corrected chi connectivity index (χ3v) is 6.39. The van der Waals surface area contributed by atoms with Crippen LogP contribution in [-0.4, -0.2) is 5.97 Å². The first-order valence-electron chi connectivity index (χ1n) is 10.1. The Hall–Kier alpha value is -1.38. The van der Waals surface area contributed by atoms with Crippen molar-refractivity contribution >= 4 is 5.97 Å². The van der Waals surface area contributed by atoms with Gasteiger partial charge < -0.3 is 4.74 Å². The summed E-state index contributed by atoms with van der Waals surface area (Å²) in [6.07, 6.45) is 12.5. The number of benzene rings is 1. The molecule has 3 rings (SSSR count). The summed E-state index contributed by atoms with van der Waals surface area (Å²) >= 11 is 0. The van der Waals surface area contributed by atoms with Crippen LogP contribution in [0.2, 0.25) is 0 Å². The summed E-state index contributed by atoms with van der Waals surface area (Å²) in [7, 11) is 0. The summed E-state index contributed by atoms with van der Waals surface area (Å²) in [5.74, 6) is 2.65. The molecule has 0 radical (unpaired) electrons. The van der Waals surface area contributed by atoms with Gasteiger partial charge in [-0.25, -0.2) is 4.39 Å². The van der Waals surface area contributed by atoms with Crippen molar-refractivity contribution in [2.45, 2.75) is 78.6 Å². The van der Waals surface area contributed by atoms with Crippen LogP contribution in [0.1, 0.15) is 78.6 Å². The van der Waals surface area contributed by atoms with Gasteiger partial charge in [0.25, 0.3) is 0 Å². The van der Waals surface area contributed by atoms with Gasteiger partial charge in [-0.2, -0.15) is 0 Å². The molecule has 2 nitrogen and oxygen atoms in total. The predicted molar refractivity (Wildman–Crippen MR) is 105 cm³/mol. The fraction of sp³-hybridized carbons (Fsp3) is 0.696. The molecule has 3 heteroatoms. The van der Waals surface area contributed by atoms with E-state index in [-0.39, 0.29) is 25.1 Å². The first kappa shape index (κ1) is 20.9. The molecule has 2 saturated carbocycles. The van der Waals surface area contributed by atoms with Crippen molar-refractivity contribution in [3.8, 4) is 5.75 Å². The lowest BCUT2D eigenvalue weighted by Gasteiger charge is -2.37. The molecule has 2 aliphatic rings. The smallest absolute Gasteiger partial charge is 0.314 e. The molecule has 0 amide bonds. The van der Waals surface area contributed by atoms with E-state index < -0.39 is 0 Å². The van der Waals surface area contributed by atoms with Gasteiger partial charge in [0, 0.05) is 0 Å². The molecule has 2 fully saturated rings. The third-order valence-electron chi connectivity index (χ3n) is 6.39. The van der Waals surface area contributed by atoms with E-state index in [1.165, 1.54) is 62.8 Å². The second kappa shape index (κ2) is 10.1. The Labute approximate surface area is 158 Å². The van der Waals surface area contributed by atoms with Crippen LogP contribution < -0.4 is 4.74 Å². The predicted octanol–water partition coefficient (Wildman–Crippen LogP) is 6.78. The number of rotatable bonds is 5. The lowest BCUT2D eigenvalue weighted by Crippen LogP contribution is -2.30. The topological polar surface area (TPSA) is 26.3 Å². The molecule has 0 aromatic heterocycles. The average molecular weight is 363 g/mol. The highest BCUT2D eigenvalue weighted by Gasteiger charge is 2.33. The van der Waals surface area contributed by atoms with Gasteiger partial charge in [-0.15, -0.1) is 0 Å². The molecule has 0 spiro atoms. The van der Waals surface area contributed by atoms with Crippen LogP contribution in [0.25, 0.3) is 0 Å². The van der Waals surface area contributed by atoms with E-state index in [4.69, 9.17) is 4.74 Å². The quantitative estimate of drug-likeness (QED) is 0.426. The number of carbonyl (C=O) groups excluding carboxylic acids is 1. The number of halogens is 1. The van der Waals surface area contributed by atoms with Gasteiger partial charge in [-0.1, -0.05) is 40.0 Å². The first-order chi connectivity index (χ1) is 12.2. The maximum atomic E-state index is 12.9. The minimum absolute atomic E-state index is 0. The van der Waals surface area contributed by atoms with Gasteiger partial charge in [0.2, 0.25) is 0 Å². The normalized spacial score (nSPS) is 28.8. The number of carbonyl (C=O) groups is 1. The highest BCUT2D eigenvalue weighted by atomic mass is 19.1. The van der Waals surface area contributed by atoms with E-state index in [1.54, 1.807) is 0 Å². The van der Waals surface area contributed by atoms with E-state index in [0.717, 1.165) is 43.4 Å². The Bertz CT molecular complexity index is 538. The zero-order chi connectivity index (χ0) is 17.6. The largest absolute Gasteiger partial charge is 0.426 e. The van der Waals surface area contributed by atoms with Gasteiger partial charge in [0.1, 0.15) is 11.6 Å². The molecule has 0 saturated heterocycles. The molecule has 146 valence electrons. The average Bonchev–Trinajstić information content (AvgIpc) is 2.65. The van der Waals surface area contributed by atoms with Crippen LogP contribution in [0.3, 0.4) is 0 Å². The zero-order valence-electron chi connectivity index (χ0n) is 15.4. The van der Waals surface area contributed by atoms with Gasteiger partial charge in [-0.05, 0) is 80.5 Å². The van der Waals surface area contributed by atoms with Gasteiger partial charge in [0.05, 0.1) is 5.92 Å². The minimum Gasteiger partial charge on any atom is -0.426 e. The third kappa shape index (κ3) is 5.56. The number of ether oxygens (including phenoxy) is 1. The summed E-state index contributed by atoms with van der Waals surface area (Å²) in [6.45, 7) is 2.29. The molecule has 2 aliphatic carbocycles. The van der Waals surface area contributed by atoms with Gasteiger partial charge in [-0.3, -0.25) is 4.79 Å². The standard InChI is InChI=1S/C22H31FO2.CH4/c1-2-3-16-4-6-17(7-5-16)18-8-10-19(11-9-18)22(24)25-21-14-12-20(23)13-15-21;/h12-19H,2-11H2,1H3;1H4. The van der Waals surface area contributed by atoms with Crippen molar-refractivity contribution in [1.29, 1.82) is 0 Å². The first-order valence-corrected chi connectivity index (χ1v) is 10.1. The molecule has 0 aliphatic heterocycles. The summed E-state index contributed by atoms with van der Waals surface area (Å²) in [6, 6.07) is 5.70. The summed E-state index contributed by atoms with van der Waals surface area (Å²) in [5, 5.41) is 0. The van der Waals surface area contributed by atoms with Crippen molar-refractivity contribution < 1.29 is 13.9 Å². The van der Waals surface area contributed by atoms with Gasteiger partial charge in [0.15, 0.2) is 0 Å². The Morgan fingerprint density at radius 3 is 2.04 bits per heavy atom. The van der Waals surface area contributed by atoms with Crippen LogP contribution in [-0.2, 0) is 4.79 Å². The van der Waals surface area contributed by atoms with E-state index in [2.05, 4.69) is 6.92 Å². The van der Waals surface area contributed by atoms with E-state index in [0.29, 0.717) is 5.75 Å². The Balaban J connectivity index is 0.00000243. The maximum Gasteiger partial charge on any atom is 0.314 e. The Kier molecular flexibility index (Phi) is 8.12. The van der Waals surface area contributed by atoms with E-state index in [9.17, 15) is 9.18 Å². The highest BCUT2D eigenvalue weighted by molar-refractivity contribution is 5.75. The molecule has 26 heavy (non-hydrogen) atoms. The highest BCUT2D eigenvalue weighted by Crippen LogP contribution is 2.42. The van der Waals surface area contributed by atoms with Gasteiger partial charge >= 0.3 is 5.97 Å². The van der Waals surface area contributed by atoms with Crippen LogP contribution >= 0.6 is 0 Å². The Morgan fingerprint density at radius 2 is 1.50 bits per heavy atom. The number of hydrogen-bond acceptors (Lipinski definition) is 2. The molecular formula is C23H35FO2. The second-order valence-corrected chi connectivity index (χ2v) is 8.06. The van der Waals surface area contributed by atoms with E-state index in [1.807, 2.05) is 0 Å². The second-order valence-electron chi connectivity index (χ2n) is 8.06. The molecule has 0 N–H and O–H groups in total. The number of esters is 1. The lowest BCUT2D eigenvalue weighted by atomic mass is 9.69. The monoisotopic (exact) mass is 362 g/mol. The molecule has 0 unspecified atom stereocenters. The fourth-order valence-corrected chi connectivity index (χ4v) is 4.88. The van der Waals surface area contributed by atoms with Crippen molar-refractivity contribution in [2.75, 3.05) is 0 Å². The van der Waals surface area contributed by atoms with Crippen molar-refractivity contribution in [2.24, 2.45) is 23.7 Å². The van der Waals surface area contributed by atoms with Crippen molar-refractivity contribution in [1.82, 2.24) is 0 Å². The molecule has 0 heterocycles.